The highest BCUT2D eigenvalue weighted by Crippen LogP contribution is 2.23. The van der Waals surface area contributed by atoms with Crippen molar-refractivity contribution in [3.8, 4) is 5.75 Å². The van der Waals surface area contributed by atoms with Crippen molar-refractivity contribution in [1.82, 2.24) is 4.98 Å². The van der Waals surface area contributed by atoms with Crippen molar-refractivity contribution in [1.29, 1.82) is 0 Å². The molecule has 1 aromatic heterocycles. The molecule has 1 N–H and O–H groups in total. The van der Waals surface area contributed by atoms with Gasteiger partial charge in [-0.25, -0.2) is 4.98 Å². The van der Waals surface area contributed by atoms with Gasteiger partial charge in [0.15, 0.2) is 6.61 Å². The number of alkyl halides is 3. The summed E-state index contributed by atoms with van der Waals surface area (Å²) >= 11 is 3.28. The summed E-state index contributed by atoms with van der Waals surface area (Å²) < 4.78 is 42.3. The van der Waals surface area contributed by atoms with Crippen LogP contribution in [0.25, 0.3) is 0 Å². The first-order valence-electron chi connectivity index (χ1n) is 6.07. The molecular formula is C14H12BrF3N2O. The smallest absolute Gasteiger partial charge is 0.422 e. The minimum Gasteiger partial charge on any atom is -0.484 e. The first-order chi connectivity index (χ1) is 9.94. The fourth-order valence-corrected chi connectivity index (χ4v) is 1.85. The van der Waals surface area contributed by atoms with Crippen LogP contribution < -0.4 is 10.1 Å². The van der Waals surface area contributed by atoms with Crippen molar-refractivity contribution in [3.05, 3.63) is 52.6 Å². The molecule has 0 aliphatic heterocycles. The van der Waals surface area contributed by atoms with E-state index in [1.807, 2.05) is 6.07 Å². The number of benzene rings is 1. The molecule has 1 aromatic carbocycles. The van der Waals surface area contributed by atoms with Crippen LogP contribution in [0.5, 0.6) is 5.75 Å². The zero-order chi connectivity index (χ0) is 15.3. The minimum absolute atomic E-state index is 0.208. The van der Waals surface area contributed by atoms with E-state index in [-0.39, 0.29) is 5.75 Å². The van der Waals surface area contributed by atoms with Crippen LogP contribution in [0.1, 0.15) is 5.56 Å². The number of anilines is 1. The zero-order valence-electron chi connectivity index (χ0n) is 10.8. The molecule has 0 atom stereocenters. The summed E-state index contributed by atoms with van der Waals surface area (Å²) in [5.41, 5.74) is 0.631. The van der Waals surface area contributed by atoms with Crippen LogP contribution in [0.15, 0.2) is 47.1 Å². The number of para-hydroxylation sites is 1. The third kappa shape index (κ3) is 5.26. The van der Waals surface area contributed by atoms with E-state index in [1.54, 1.807) is 30.5 Å². The van der Waals surface area contributed by atoms with Gasteiger partial charge in [0.1, 0.15) is 11.6 Å². The second kappa shape index (κ2) is 6.80. The number of ether oxygens (including phenoxy) is 1. The molecule has 21 heavy (non-hydrogen) atoms. The monoisotopic (exact) mass is 360 g/mol. The van der Waals surface area contributed by atoms with E-state index < -0.39 is 12.8 Å². The number of nitrogens with zero attached hydrogens (tertiary/aromatic N) is 1. The topological polar surface area (TPSA) is 34.1 Å². The lowest BCUT2D eigenvalue weighted by Gasteiger charge is -2.13. The van der Waals surface area contributed by atoms with E-state index in [0.29, 0.717) is 17.9 Å². The van der Waals surface area contributed by atoms with Gasteiger partial charge in [0, 0.05) is 22.8 Å². The van der Waals surface area contributed by atoms with E-state index >= 15 is 0 Å². The number of hydrogen-bond acceptors (Lipinski definition) is 3. The molecule has 2 rings (SSSR count). The van der Waals surface area contributed by atoms with Gasteiger partial charge in [0.25, 0.3) is 0 Å². The Hall–Kier alpha value is -1.76. The van der Waals surface area contributed by atoms with Gasteiger partial charge in [-0.3, -0.25) is 0 Å². The summed E-state index contributed by atoms with van der Waals surface area (Å²) in [6.45, 7) is -0.983. The van der Waals surface area contributed by atoms with E-state index in [4.69, 9.17) is 4.74 Å². The highest BCUT2D eigenvalue weighted by Gasteiger charge is 2.28. The second-order valence-electron chi connectivity index (χ2n) is 4.23. The Morgan fingerprint density at radius 3 is 2.57 bits per heavy atom. The van der Waals surface area contributed by atoms with Crippen LogP contribution in [-0.4, -0.2) is 17.8 Å². The quantitative estimate of drug-likeness (QED) is 0.858. The third-order valence-corrected chi connectivity index (χ3v) is 3.02. The van der Waals surface area contributed by atoms with Crippen molar-refractivity contribution in [2.24, 2.45) is 0 Å². The molecule has 0 aliphatic rings. The highest BCUT2D eigenvalue weighted by atomic mass is 79.9. The Morgan fingerprint density at radius 2 is 1.90 bits per heavy atom. The highest BCUT2D eigenvalue weighted by molar-refractivity contribution is 9.10. The molecule has 2 aromatic rings. The number of aromatic nitrogens is 1. The summed E-state index contributed by atoms with van der Waals surface area (Å²) in [4.78, 5) is 4.13. The van der Waals surface area contributed by atoms with E-state index in [0.717, 1.165) is 4.47 Å². The molecular weight excluding hydrogens is 349 g/mol. The molecule has 0 aliphatic carbocycles. The fraction of sp³-hybridized carbons (Fsp3) is 0.214. The maximum Gasteiger partial charge on any atom is 0.422 e. The average Bonchev–Trinajstić information content (AvgIpc) is 2.44. The molecule has 0 saturated heterocycles. The first-order valence-corrected chi connectivity index (χ1v) is 6.86. The maximum atomic E-state index is 12.2. The lowest BCUT2D eigenvalue weighted by Crippen LogP contribution is -2.20. The normalized spacial score (nSPS) is 11.2. The standard InChI is InChI=1S/C14H12BrF3N2O/c15-11-5-6-13(20-8-11)19-7-10-3-1-2-4-12(10)21-9-14(16,17)18/h1-6,8H,7,9H2,(H,19,20). The average molecular weight is 361 g/mol. The molecule has 0 fully saturated rings. The maximum absolute atomic E-state index is 12.2. The van der Waals surface area contributed by atoms with Crippen LogP contribution in [-0.2, 0) is 6.54 Å². The molecule has 0 unspecified atom stereocenters. The lowest BCUT2D eigenvalue weighted by atomic mass is 10.2. The second-order valence-corrected chi connectivity index (χ2v) is 5.14. The summed E-state index contributed by atoms with van der Waals surface area (Å²) in [6, 6.07) is 10.2. The first kappa shape index (κ1) is 15.6. The predicted octanol–water partition coefficient (Wildman–Crippen LogP) is 4.40. The third-order valence-electron chi connectivity index (χ3n) is 2.55. The Bertz CT molecular complexity index is 588. The molecule has 1 heterocycles. The molecule has 3 nitrogen and oxygen atoms in total. The van der Waals surface area contributed by atoms with Gasteiger partial charge in [-0.2, -0.15) is 13.2 Å². The molecule has 0 spiro atoms. The van der Waals surface area contributed by atoms with Gasteiger partial charge in [-0.1, -0.05) is 18.2 Å². The summed E-state index contributed by atoms with van der Waals surface area (Å²) in [6.07, 6.45) is -2.72. The number of rotatable bonds is 5. The lowest BCUT2D eigenvalue weighted by molar-refractivity contribution is -0.153. The summed E-state index contributed by atoms with van der Waals surface area (Å²) in [5.74, 6) is 0.836. The summed E-state index contributed by atoms with van der Waals surface area (Å²) in [7, 11) is 0. The van der Waals surface area contributed by atoms with Gasteiger partial charge >= 0.3 is 6.18 Å². The van der Waals surface area contributed by atoms with Gasteiger partial charge < -0.3 is 10.1 Å². The zero-order valence-corrected chi connectivity index (χ0v) is 12.4. The molecule has 112 valence electrons. The van der Waals surface area contributed by atoms with E-state index in [1.165, 1.54) is 6.07 Å². The molecule has 0 amide bonds. The Kier molecular flexibility index (Phi) is 5.06. The van der Waals surface area contributed by atoms with Crippen molar-refractivity contribution in [2.45, 2.75) is 12.7 Å². The van der Waals surface area contributed by atoms with Gasteiger partial charge in [-0.15, -0.1) is 0 Å². The number of hydrogen-bond donors (Lipinski definition) is 1. The van der Waals surface area contributed by atoms with E-state index in [9.17, 15) is 13.2 Å². The van der Waals surface area contributed by atoms with Crippen LogP contribution in [0.4, 0.5) is 19.0 Å². The largest absolute Gasteiger partial charge is 0.484 e. The molecule has 0 bridgehead atoms. The Labute approximate surface area is 128 Å². The Balaban J connectivity index is 2.01. The minimum atomic E-state index is -4.35. The number of nitrogens with one attached hydrogen (secondary N) is 1. The van der Waals surface area contributed by atoms with Crippen LogP contribution in [0.3, 0.4) is 0 Å². The van der Waals surface area contributed by atoms with Crippen LogP contribution in [0, 0.1) is 0 Å². The van der Waals surface area contributed by atoms with Crippen molar-refractivity contribution in [2.75, 3.05) is 11.9 Å². The molecule has 7 heteroatoms. The predicted molar refractivity (Wildman–Crippen MR) is 77.3 cm³/mol. The van der Waals surface area contributed by atoms with E-state index in [2.05, 4.69) is 26.2 Å². The van der Waals surface area contributed by atoms with Gasteiger partial charge in [-0.05, 0) is 34.1 Å². The van der Waals surface area contributed by atoms with Crippen molar-refractivity contribution >= 4 is 21.7 Å². The van der Waals surface area contributed by atoms with Crippen molar-refractivity contribution in [3.63, 3.8) is 0 Å². The van der Waals surface area contributed by atoms with Crippen LogP contribution in [0.2, 0.25) is 0 Å². The van der Waals surface area contributed by atoms with Crippen molar-refractivity contribution < 1.29 is 17.9 Å². The summed E-state index contributed by atoms with van der Waals surface area (Å²) in [5, 5.41) is 3.03. The fourth-order valence-electron chi connectivity index (χ4n) is 1.62. The number of pyridine rings is 1. The molecule has 0 radical (unpaired) electrons. The SMILES string of the molecule is FC(F)(F)COc1ccccc1CNc1ccc(Br)cn1. The van der Waals surface area contributed by atoms with Crippen LogP contribution >= 0.6 is 15.9 Å². The van der Waals surface area contributed by atoms with Gasteiger partial charge in [0.05, 0.1) is 0 Å². The van der Waals surface area contributed by atoms with Gasteiger partial charge in [0.2, 0.25) is 0 Å². The molecule has 0 saturated carbocycles. The Morgan fingerprint density at radius 1 is 1.14 bits per heavy atom. The number of halogens is 4.